The van der Waals surface area contributed by atoms with Gasteiger partial charge in [-0.05, 0) is 123 Å². The summed E-state index contributed by atoms with van der Waals surface area (Å²) in [5.74, 6) is 0. The summed E-state index contributed by atoms with van der Waals surface area (Å²) in [4.78, 5) is 2.35. The highest BCUT2D eigenvalue weighted by molar-refractivity contribution is 6.05. The molecule has 0 aliphatic heterocycles. The summed E-state index contributed by atoms with van der Waals surface area (Å²) in [6, 6.07) is 78.9. The fourth-order valence-corrected chi connectivity index (χ4v) is 9.14. The molecule has 1 heterocycles. The number of hydrogen-bond donors (Lipinski definition) is 0. The molecule has 0 fully saturated rings. The third-order valence-electron chi connectivity index (χ3n) is 12.2. The largest absolute Gasteiger partial charge is 0.456 e. The van der Waals surface area contributed by atoms with Gasteiger partial charge in [0.25, 0.3) is 0 Å². The zero-order chi connectivity index (χ0) is 38.6. The van der Waals surface area contributed by atoms with E-state index in [4.69, 9.17) is 4.42 Å². The smallest absolute Gasteiger partial charge is 0.135 e. The van der Waals surface area contributed by atoms with E-state index < -0.39 is 0 Å². The van der Waals surface area contributed by atoms with Crippen molar-refractivity contribution in [1.82, 2.24) is 0 Å². The van der Waals surface area contributed by atoms with E-state index in [0.29, 0.717) is 0 Å². The van der Waals surface area contributed by atoms with Crippen molar-refractivity contribution < 1.29 is 4.42 Å². The SMILES string of the molecule is CC1(c2ccc3c(c2)oc2ccccc23)c2ccccc2-c2ccc(-c3ccc(N(c4ccc(-c5ccccc5)cc4)c4ccc(-c5ccccc5)cc4)cc3)cc21. The molecule has 0 saturated heterocycles. The molecule has 1 aliphatic rings. The van der Waals surface area contributed by atoms with Crippen LogP contribution >= 0.6 is 0 Å². The molecular weight excluding hydrogens is 703 g/mol. The van der Waals surface area contributed by atoms with Gasteiger partial charge in [0, 0.05) is 33.2 Å². The van der Waals surface area contributed by atoms with E-state index in [9.17, 15) is 0 Å². The van der Waals surface area contributed by atoms with E-state index >= 15 is 0 Å². The van der Waals surface area contributed by atoms with E-state index in [1.807, 2.05) is 6.07 Å². The van der Waals surface area contributed by atoms with Gasteiger partial charge in [-0.25, -0.2) is 0 Å². The summed E-state index contributed by atoms with van der Waals surface area (Å²) in [5, 5.41) is 2.30. The van der Waals surface area contributed by atoms with Crippen molar-refractivity contribution in [2.24, 2.45) is 0 Å². The van der Waals surface area contributed by atoms with Gasteiger partial charge < -0.3 is 9.32 Å². The number of nitrogens with zero attached hydrogens (tertiary/aromatic N) is 1. The molecule has 274 valence electrons. The zero-order valence-corrected chi connectivity index (χ0v) is 32.1. The second-order valence-corrected chi connectivity index (χ2v) is 15.4. The van der Waals surface area contributed by atoms with Crippen molar-refractivity contribution in [2.75, 3.05) is 4.90 Å². The molecule has 2 heteroatoms. The monoisotopic (exact) mass is 741 g/mol. The van der Waals surface area contributed by atoms with Gasteiger partial charge in [0.1, 0.15) is 11.2 Å². The Morgan fingerprint density at radius 1 is 0.345 bits per heavy atom. The minimum absolute atomic E-state index is 0.357. The standard InChI is InChI=1S/C56H39NO/c1-56(44-27-35-51-50-17-9-11-19-54(50)58-55(51)37-44)52-18-10-8-16-48(52)49-34-26-43(36-53(49)56)42-24-32-47(33-25-42)57(45-28-20-40(21-29-45)38-12-4-2-5-13-38)46-30-22-41(23-31-46)39-14-6-3-7-15-39/h2-37H,1H3. The molecular formula is C56H39NO. The Morgan fingerprint density at radius 2 is 0.810 bits per heavy atom. The Labute approximate surface area is 338 Å². The van der Waals surface area contributed by atoms with E-state index in [0.717, 1.165) is 39.0 Å². The lowest BCUT2D eigenvalue weighted by atomic mass is 9.73. The summed E-state index contributed by atoms with van der Waals surface area (Å²) in [5.41, 5.74) is 18.4. The van der Waals surface area contributed by atoms with Crippen LogP contribution in [0.5, 0.6) is 0 Å². The lowest BCUT2D eigenvalue weighted by Gasteiger charge is -2.29. The van der Waals surface area contributed by atoms with Gasteiger partial charge in [-0.1, -0.05) is 164 Å². The molecule has 1 aliphatic carbocycles. The molecule has 11 rings (SSSR count). The lowest BCUT2D eigenvalue weighted by Crippen LogP contribution is -2.22. The zero-order valence-electron chi connectivity index (χ0n) is 32.1. The van der Waals surface area contributed by atoms with Crippen LogP contribution in [0.15, 0.2) is 223 Å². The summed E-state index contributed by atoms with van der Waals surface area (Å²) in [6.45, 7) is 2.37. The fourth-order valence-electron chi connectivity index (χ4n) is 9.14. The van der Waals surface area contributed by atoms with Crippen LogP contribution in [0.3, 0.4) is 0 Å². The number of para-hydroxylation sites is 1. The summed E-state index contributed by atoms with van der Waals surface area (Å²) < 4.78 is 6.41. The number of anilines is 3. The molecule has 1 atom stereocenters. The molecule has 1 aromatic heterocycles. The molecule has 0 spiro atoms. The van der Waals surface area contributed by atoms with Crippen molar-refractivity contribution in [3.63, 3.8) is 0 Å². The first-order valence-corrected chi connectivity index (χ1v) is 20.0. The van der Waals surface area contributed by atoms with Crippen molar-refractivity contribution in [2.45, 2.75) is 12.3 Å². The van der Waals surface area contributed by atoms with Crippen molar-refractivity contribution in [3.8, 4) is 44.5 Å². The summed E-state index contributed by atoms with van der Waals surface area (Å²) in [7, 11) is 0. The maximum atomic E-state index is 6.41. The molecule has 0 N–H and O–H groups in total. The minimum atomic E-state index is -0.357. The van der Waals surface area contributed by atoms with Crippen molar-refractivity contribution >= 4 is 39.0 Å². The maximum Gasteiger partial charge on any atom is 0.135 e. The molecule has 9 aromatic carbocycles. The molecule has 0 saturated carbocycles. The molecule has 0 amide bonds. The van der Waals surface area contributed by atoms with E-state index in [2.05, 4.69) is 224 Å². The Balaban J connectivity index is 0.978. The second kappa shape index (κ2) is 13.7. The van der Waals surface area contributed by atoms with Gasteiger partial charge in [-0.3, -0.25) is 0 Å². The van der Waals surface area contributed by atoms with E-state index in [-0.39, 0.29) is 5.41 Å². The minimum Gasteiger partial charge on any atom is -0.456 e. The first-order chi connectivity index (χ1) is 28.6. The quantitative estimate of drug-likeness (QED) is 0.162. The Bertz CT molecular complexity index is 3010. The fraction of sp³-hybridized carbons (Fsp3) is 0.0357. The Kier molecular flexibility index (Phi) is 7.97. The van der Waals surface area contributed by atoms with Crippen LogP contribution in [0.1, 0.15) is 23.6 Å². The summed E-state index contributed by atoms with van der Waals surface area (Å²) >= 11 is 0. The van der Waals surface area contributed by atoms with Crippen LogP contribution in [0.2, 0.25) is 0 Å². The van der Waals surface area contributed by atoms with Crippen molar-refractivity contribution in [3.05, 3.63) is 235 Å². The van der Waals surface area contributed by atoms with Gasteiger partial charge in [-0.2, -0.15) is 0 Å². The number of fused-ring (bicyclic) bond motifs is 6. The van der Waals surface area contributed by atoms with Crippen LogP contribution in [0.4, 0.5) is 17.1 Å². The van der Waals surface area contributed by atoms with Gasteiger partial charge in [-0.15, -0.1) is 0 Å². The van der Waals surface area contributed by atoms with Crippen LogP contribution in [0.25, 0.3) is 66.4 Å². The average molecular weight is 742 g/mol. The Morgan fingerprint density at radius 3 is 1.43 bits per heavy atom. The van der Waals surface area contributed by atoms with Crippen LogP contribution in [-0.4, -0.2) is 0 Å². The first kappa shape index (κ1) is 33.9. The van der Waals surface area contributed by atoms with Crippen LogP contribution in [0, 0.1) is 0 Å². The third-order valence-corrected chi connectivity index (χ3v) is 12.2. The second-order valence-electron chi connectivity index (χ2n) is 15.4. The van der Waals surface area contributed by atoms with Crippen LogP contribution < -0.4 is 4.90 Å². The number of furan rings is 1. The highest BCUT2D eigenvalue weighted by Crippen LogP contribution is 2.54. The Hall–Kier alpha value is -7.42. The van der Waals surface area contributed by atoms with Gasteiger partial charge in [0.15, 0.2) is 0 Å². The van der Waals surface area contributed by atoms with Crippen molar-refractivity contribution in [1.29, 1.82) is 0 Å². The van der Waals surface area contributed by atoms with E-state index in [1.165, 1.54) is 61.2 Å². The number of rotatable bonds is 7. The molecule has 1 unspecified atom stereocenters. The number of hydrogen-bond acceptors (Lipinski definition) is 2. The maximum absolute atomic E-state index is 6.41. The first-order valence-electron chi connectivity index (χ1n) is 20.0. The van der Waals surface area contributed by atoms with E-state index in [1.54, 1.807) is 0 Å². The molecule has 0 radical (unpaired) electrons. The van der Waals surface area contributed by atoms with Gasteiger partial charge >= 0.3 is 0 Å². The predicted octanol–water partition coefficient (Wildman–Crippen LogP) is 15.4. The molecule has 2 nitrogen and oxygen atoms in total. The highest BCUT2D eigenvalue weighted by Gasteiger charge is 2.41. The normalized spacial score (nSPS) is 14.4. The molecule has 10 aromatic rings. The predicted molar refractivity (Wildman–Crippen MR) is 242 cm³/mol. The van der Waals surface area contributed by atoms with Gasteiger partial charge in [0.2, 0.25) is 0 Å². The topological polar surface area (TPSA) is 16.4 Å². The third kappa shape index (κ3) is 5.56. The highest BCUT2D eigenvalue weighted by atomic mass is 16.3. The molecule has 0 bridgehead atoms. The van der Waals surface area contributed by atoms with Gasteiger partial charge in [0.05, 0.1) is 0 Å². The lowest BCUT2D eigenvalue weighted by molar-refractivity contribution is 0.662. The summed E-state index contributed by atoms with van der Waals surface area (Å²) in [6.07, 6.45) is 0. The number of benzene rings is 9. The average Bonchev–Trinajstić information content (AvgIpc) is 3.80. The van der Waals surface area contributed by atoms with Crippen LogP contribution in [-0.2, 0) is 5.41 Å². The molecule has 58 heavy (non-hydrogen) atoms.